The number of fused-ring (bicyclic) bond motifs is 1. The van der Waals surface area contributed by atoms with Crippen LogP contribution in [0, 0.1) is 0 Å². The Labute approximate surface area is 142 Å². The summed E-state index contributed by atoms with van der Waals surface area (Å²) in [5, 5.41) is 0. The van der Waals surface area contributed by atoms with Crippen LogP contribution in [0.25, 0.3) is 11.0 Å². The second-order valence-electron chi connectivity index (χ2n) is 3.75. The third kappa shape index (κ3) is 3.01. The predicted molar refractivity (Wildman–Crippen MR) is 63.0 cm³/mol. The fraction of sp³-hybridized carbons (Fsp3) is 0.300. The third-order valence-electron chi connectivity index (χ3n) is 2.43. The second kappa shape index (κ2) is 5.53. The molecule has 2 N–H and O–H groups in total. The molecule has 0 amide bonds. The van der Waals surface area contributed by atoms with Gasteiger partial charge in [-0.2, -0.15) is 0 Å². The third-order valence-corrected chi connectivity index (χ3v) is 3.50. The molecule has 7 heteroatoms. The van der Waals surface area contributed by atoms with Gasteiger partial charge in [0.05, 0.1) is 18.4 Å². The van der Waals surface area contributed by atoms with Crippen molar-refractivity contribution in [3.63, 3.8) is 0 Å². The van der Waals surface area contributed by atoms with Gasteiger partial charge in [-0.05, 0) is 31.8 Å². The Bertz CT molecular complexity index is 590. The van der Waals surface area contributed by atoms with Crippen molar-refractivity contribution >= 4 is 29.7 Å². The van der Waals surface area contributed by atoms with Crippen molar-refractivity contribution in [1.29, 1.82) is 0 Å². The number of hydrogen-bond donors (Lipinski definition) is 1. The summed E-state index contributed by atoms with van der Waals surface area (Å²) in [6, 6.07) is 5.21. The van der Waals surface area contributed by atoms with Crippen LogP contribution >= 0.6 is 7.37 Å². The van der Waals surface area contributed by atoms with E-state index in [2.05, 4.69) is 4.98 Å². The van der Waals surface area contributed by atoms with Crippen molar-refractivity contribution in [2.75, 3.05) is 12.4 Å². The van der Waals surface area contributed by atoms with E-state index in [9.17, 15) is 9.46 Å². The Morgan fingerprint density at radius 3 is 2.71 bits per heavy atom. The fourth-order valence-electron chi connectivity index (χ4n) is 1.76. The minimum Gasteiger partial charge on any atom is -0.794 e. The van der Waals surface area contributed by atoms with Crippen LogP contribution < -0.4 is 67.6 Å². The van der Waals surface area contributed by atoms with Gasteiger partial charge in [-0.15, -0.1) is 0 Å². The molecule has 2 aromatic rings. The zero-order chi connectivity index (χ0) is 11.9. The van der Waals surface area contributed by atoms with Crippen LogP contribution in [-0.2, 0) is 11.1 Å². The number of nitrogens with two attached hydrogens (primary N) is 1. The Kier molecular flexibility index (Phi) is 5.00. The first-order chi connectivity index (χ1) is 7.43. The summed E-state index contributed by atoms with van der Waals surface area (Å²) >= 11 is 0. The molecule has 0 aliphatic heterocycles. The Hall–Kier alpha value is 0.316. The minimum atomic E-state index is -3.60. The van der Waals surface area contributed by atoms with Crippen molar-refractivity contribution in [2.45, 2.75) is 13.5 Å². The monoisotopic (exact) mass is 277 g/mol. The molecule has 0 aliphatic carbocycles. The average molecular weight is 277 g/mol. The van der Waals surface area contributed by atoms with E-state index < -0.39 is 7.37 Å². The van der Waals surface area contributed by atoms with E-state index in [0.717, 1.165) is 5.52 Å². The molecule has 1 aromatic heterocycles. The normalized spacial score (nSPS) is 14.3. The number of nitrogen functional groups attached to an aromatic ring is 1. The fourth-order valence-corrected chi connectivity index (χ4v) is 2.73. The number of aryl methyl sites for hydroxylation is 1. The molecule has 0 saturated carbocycles. The molecule has 0 radical (unpaired) electrons. The SMILES string of the molecule is CCn1c(P(C)(=O)[O-])nc2cc(N)ccc21.[K+]. The Morgan fingerprint density at radius 2 is 2.18 bits per heavy atom. The van der Waals surface area contributed by atoms with Crippen molar-refractivity contribution in [3.8, 4) is 0 Å². The second-order valence-corrected chi connectivity index (χ2v) is 5.84. The molecule has 0 saturated heterocycles. The summed E-state index contributed by atoms with van der Waals surface area (Å²) < 4.78 is 13.3. The zero-order valence-electron chi connectivity index (χ0n) is 10.2. The smallest absolute Gasteiger partial charge is 0.794 e. The van der Waals surface area contributed by atoms with E-state index in [1.165, 1.54) is 6.66 Å². The molecular weight excluding hydrogens is 264 g/mol. The van der Waals surface area contributed by atoms with Crippen LogP contribution in [0.4, 0.5) is 5.69 Å². The van der Waals surface area contributed by atoms with Gasteiger partial charge in [0.2, 0.25) is 0 Å². The largest absolute Gasteiger partial charge is 1.00 e. The van der Waals surface area contributed by atoms with E-state index in [-0.39, 0.29) is 57.0 Å². The Morgan fingerprint density at radius 1 is 1.53 bits per heavy atom. The van der Waals surface area contributed by atoms with Gasteiger partial charge in [0, 0.05) is 12.2 Å². The topological polar surface area (TPSA) is 84.0 Å². The van der Waals surface area contributed by atoms with E-state index in [1.54, 1.807) is 22.8 Å². The van der Waals surface area contributed by atoms with Gasteiger partial charge in [-0.25, -0.2) is 4.98 Å². The first kappa shape index (κ1) is 15.4. The first-order valence-corrected chi connectivity index (χ1v) is 7.05. The van der Waals surface area contributed by atoms with Gasteiger partial charge in [0.25, 0.3) is 0 Å². The number of hydrogen-bond acceptors (Lipinski definition) is 4. The van der Waals surface area contributed by atoms with Crippen molar-refractivity contribution in [3.05, 3.63) is 18.2 Å². The van der Waals surface area contributed by atoms with E-state index in [1.807, 2.05) is 6.92 Å². The minimum absolute atomic E-state index is 0. The molecule has 0 spiro atoms. The molecule has 17 heavy (non-hydrogen) atoms. The van der Waals surface area contributed by atoms with Gasteiger partial charge in [0.15, 0.2) is 5.57 Å². The van der Waals surface area contributed by atoms with Crippen LogP contribution in [-0.4, -0.2) is 16.2 Å². The van der Waals surface area contributed by atoms with Crippen LogP contribution in [0.2, 0.25) is 0 Å². The van der Waals surface area contributed by atoms with E-state index in [4.69, 9.17) is 5.73 Å². The summed E-state index contributed by atoms with van der Waals surface area (Å²) in [6.07, 6.45) is 0. The number of rotatable bonds is 2. The quantitative estimate of drug-likeness (QED) is 0.375. The molecule has 2 rings (SSSR count). The summed E-state index contributed by atoms with van der Waals surface area (Å²) in [5.74, 6) is 0. The molecule has 0 fully saturated rings. The molecule has 86 valence electrons. The standard InChI is InChI=1S/C10H14N3O2P.K/c1-3-13-9-5-4-7(11)6-8(9)12-10(13)16(2,14)15;/h4-6H,3,11H2,1-2H3,(H,14,15);/q;+1/p-1. The van der Waals surface area contributed by atoms with E-state index in [0.29, 0.717) is 17.7 Å². The van der Waals surface area contributed by atoms with Crippen LogP contribution in [0.3, 0.4) is 0 Å². The van der Waals surface area contributed by atoms with Crippen molar-refractivity contribution in [1.82, 2.24) is 9.55 Å². The molecule has 0 bridgehead atoms. The van der Waals surface area contributed by atoms with Gasteiger partial charge in [0.1, 0.15) is 0 Å². The summed E-state index contributed by atoms with van der Waals surface area (Å²) in [7, 11) is -3.60. The summed E-state index contributed by atoms with van der Waals surface area (Å²) in [6.45, 7) is 3.64. The number of nitrogens with zero attached hydrogens (tertiary/aromatic N) is 2. The molecule has 0 aliphatic rings. The number of imidazole rings is 1. The number of benzene rings is 1. The molecule has 1 aromatic carbocycles. The van der Waals surface area contributed by atoms with Crippen LogP contribution in [0.1, 0.15) is 6.92 Å². The molecular formula is C10H13KN3O2P. The molecule has 1 atom stereocenters. The van der Waals surface area contributed by atoms with E-state index >= 15 is 0 Å². The van der Waals surface area contributed by atoms with Crippen molar-refractivity contribution < 1.29 is 60.8 Å². The average Bonchev–Trinajstić information content (AvgIpc) is 2.54. The molecule has 1 heterocycles. The Balaban J connectivity index is 0.00000144. The first-order valence-electron chi connectivity index (χ1n) is 4.98. The van der Waals surface area contributed by atoms with Gasteiger partial charge in [-0.3, -0.25) is 0 Å². The van der Waals surface area contributed by atoms with Crippen LogP contribution in [0.5, 0.6) is 0 Å². The summed E-state index contributed by atoms with van der Waals surface area (Å²) in [5.41, 5.74) is 7.75. The summed E-state index contributed by atoms with van der Waals surface area (Å²) in [4.78, 5) is 15.7. The van der Waals surface area contributed by atoms with Crippen molar-refractivity contribution in [2.24, 2.45) is 0 Å². The van der Waals surface area contributed by atoms with Gasteiger partial charge in [-0.1, -0.05) is 0 Å². The van der Waals surface area contributed by atoms with Crippen LogP contribution in [0.15, 0.2) is 18.2 Å². The zero-order valence-corrected chi connectivity index (χ0v) is 14.2. The van der Waals surface area contributed by atoms with Gasteiger partial charge >= 0.3 is 51.4 Å². The molecule has 5 nitrogen and oxygen atoms in total. The maximum absolute atomic E-state index is 11.6. The number of anilines is 1. The maximum atomic E-state index is 11.6. The van der Waals surface area contributed by atoms with Gasteiger partial charge < -0.3 is 19.8 Å². The maximum Gasteiger partial charge on any atom is 1.00 e. The number of aromatic nitrogens is 2. The predicted octanol–water partition coefficient (Wildman–Crippen LogP) is -2.46. The molecule has 1 unspecified atom stereocenters.